The van der Waals surface area contributed by atoms with Crippen LogP contribution >= 0.6 is 0 Å². The molecule has 0 aromatic carbocycles. The molecule has 5 heteroatoms. The Bertz CT molecular complexity index is 272. The van der Waals surface area contributed by atoms with Crippen molar-refractivity contribution in [1.82, 2.24) is 4.90 Å². The fourth-order valence-electron chi connectivity index (χ4n) is 1.91. The molecule has 17 heavy (non-hydrogen) atoms. The predicted molar refractivity (Wildman–Crippen MR) is 64.1 cm³/mol. The molecule has 0 aromatic rings. The van der Waals surface area contributed by atoms with Gasteiger partial charge in [0.1, 0.15) is 6.61 Å². The van der Waals surface area contributed by atoms with E-state index in [0.29, 0.717) is 0 Å². The van der Waals surface area contributed by atoms with Gasteiger partial charge < -0.3 is 14.6 Å². The number of rotatable bonds is 7. The second kappa shape index (κ2) is 5.33. The first kappa shape index (κ1) is 14.4. The van der Waals surface area contributed by atoms with Gasteiger partial charge in [0.2, 0.25) is 0 Å². The van der Waals surface area contributed by atoms with E-state index in [1.54, 1.807) is 7.11 Å². The number of hydrogen-bond donors (Lipinski definition) is 1. The van der Waals surface area contributed by atoms with E-state index in [1.165, 1.54) is 0 Å². The summed E-state index contributed by atoms with van der Waals surface area (Å²) in [5, 5.41) is 8.55. The fourth-order valence-corrected chi connectivity index (χ4v) is 1.91. The van der Waals surface area contributed by atoms with Crippen LogP contribution in [-0.4, -0.2) is 60.5 Å². The molecule has 0 saturated carbocycles. The van der Waals surface area contributed by atoms with E-state index in [9.17, 15) is 4.79 Å². The van der Waals surface area contributed by atoms with Gasteiger partial charge in [-0.25, -0.2) is 4.79 Å². The number of carboxylic acids is 1. The summed E-state index contributed by atoms with van der Waals surface area (Å²) in [6.07, 6.45) is 0.957. The van der Waals surface area contributed by atoms with Crippen molar-refractivity contribution in [2.75, 3.05) is 33.4 Å². The van der Waals surface area contributed by atoms with Gasteiger partial charge >= 0.3 is 5.97 Å². The number of aliphatic carboxylic acids is 1. The minimum atomic E-state index is -0.912. The first-order valence-electron chi connectivity index (χ1n) is 5.90. The lowest BCUT2D eigenvalue weighted by Crippen LogP contribution is -2.62. The average molecular weight is 245 g/mol. The Morgan fingerprint density at radius 1 is 1.47 bits per heavy atom. The summed E-state index contributed by atoms with van der Waals surface area (Å²) < 4.78 is 10.7. The third kappa shape index (κ3) is 4.61. The van der Waals surface area contributed by atoms with Crippen LogP contribution in [0.5, 0.6) is 0 Å². The first-order chi connectivity index (χ1) is 7.76. The standard InChI is InChI=1S/C12H23NO4/c1-11(2,16-4)5-6-13-8-12(3,9-13)17-7-10(14)15/h5-9H2,1-4H3,(H,14,15). The van der Waals surface area contributed by atoms with Crippen LogP contribution in [0.2, 0.25) is 0 Å². The van der Waals surface area contributed by atoms with Gasteiger partial charge in [-0.1, -0.05) is 0 Å². The van der Waals surface area contributed by atoms with Gasteiger partial charge in [-0.2, -0.15) is 0 Å². The van der Waals surface area contributed by atoms with Crippen LogP contribution in [0.4, 0.5) is 0 Å². The van der Waals surface area contributed by atoms with Gasteiger partial charge in [-0.05, 0) is 27.2 Å². The number of carbonyl (C=O) groups is 1. The molecule has 1 N–H and O–H groups in total. The minimum absolute atomic E-state index is 0.103. The number of ether oxygens (including phenoxy) is 2. The van der Waals surface area contributed by atoms with Crippen molar-refractivity contribution in [1.29, 1.82) is 0 Å². The number of methoxy groups -OCH3 is 1. The van der Waals surface area contributed by atoms with E-state index in [4.69, 9.17) is 14.6 Å². The zero-order valence-electron chi connectivity index (χ0n) is 11.2. The quantitative estimate of drug-likeness (QED) is 0.724. The van der Waals surface area contributed by atoms with Gasteiger partial charge in [-0.3, -0.25) is 4.90 Å². The second-order valence-corrected chi connectivity index (χ2v) is 5.56. The summed E-state index contributed by atoms with van der Waals surface area (Å²) in [6, 6.07) is 0. The molecule has 0 spiro atoms. The van der Waals surface area contributed by atoms with Crippen molar-refractivity contribution in [3.05, 3.63) is 0 Å². The largest absolute Gasteiger partial charge is 0.480 e. The molecule has 0 aromatic heterocycles. The molecule has 0 atom stereocenters. The van der Waals surface area contributed by atoms with E-state index in [-0.39, 0.29) is 17.8 Å². The molecule has 1 aliphatic rings. The third-order valence-electron chi connectivity index (χ3n) is 3.24. The van der Waals surface area contributed by atoms with Gasteiger partial charge in [-0.15, -0.1) is 0 Å². The van der Waals surface area contributed by atoms with Crippen LogP contribution < -0.4 is 0 Å². The molecular formula is C12H23NO4. The number of hydrogen-bond acceptors (Lipinski definition) is 4. The predicted octanol–water partition coefficient (Wildman–Crippen LogP) is 0.977. The van der Waals surface area contributed by atoms with Crippen LogP contribution in [0.25, 0.3) is 0 Å². The Morgan fingerprint density at radius 3 is 2.53 bits per heavy atom. The molecule has 100 valence electrons. The Hall–Kier alpha value is -0.650. The maximum atomic E-state index is 10.4. The zero-order chi connectivity index (χ0) is 13.1. The van der Waals surface area contributed by atoms with Crippen molar-refractivity contribution >= 4 is 5.97 Å². The lowest BCUT2D eigenvalue weighted by atomic mass is 9.94. The van der Waals surface area contributed by atoms with Gasteiger partial charge in [0.25, 0.3) is 0 Å². The summed E-state index contributed by atoms with van der Waals surface area (Å²) in [4.78, 5) is 12.7. The van der Waals surface area contributed by atoms with E-state index < -0.39 is 5.97 Å². The fraction of sp³-hybridized carbons (Fsp3) is 0.917. The molecule has 0 unspecified atom stereocenters. The zero-order valence-corrected chi connectivity index (χ0v) is 11.2. The smallest absolute Gasteiger partial charge is 0.329 e. The van der Waals surface area contributed by atoms with Crippen LogP contribution in [0.15, 0.2) is 0 Å². The highest BCUT2D eigenvalue weighted by Crippen LogP contribution is 2.26. The van der Waals surface area contributed by atoms with Gasteiger partial charge in [0.05, 0.1) is 11.2 Å². The number of likely N-dealkylation sites (tertiary alicyclic amines) is 1. The monoisotopic (exact) mass is 245 g/mol. The summed E-state index contributed by atoms with van der Waals surface area (Å²) in [6.45, 7) is 8.40. The third-order valence-corrected chi connectivity index (χ3v) is 3.24. The molecule has 1 saturated heterocycles. The molecule has 0 amide bonds. The lowest BCUT2D eigenvalue weighted by molar-refractivity contribution is -0.165. The molecule has 0 radical (unpaired) electrons. The van der Waals surface area contributed by atoms with E-state index in [0.717, 1.165) is 26.1 Å². The Balaban J connectivity index is 2.20. The van der Waals surface area contributed by atoms with Crippen molar-refractivity contribution in [2.45, 2.75) is 38.4 Å². The van der Waals surface area contributed by atoms with Crippen molar-refractivity contribution in [2.24, 2.45) is 0 Å². The highest BCUT2D eigenvalue weighted by Gasteiger charge is 2.40. The van der Waals surface area contributed by atoms with E-state index in [2.05, 4.69) is 18.7 Å². The second-order valence-electron chi connectivity index (χ2n) is 5.56. The highest BCUT2D eigenvalue weighted by atomic mass is 16.5. The average Bonchev–Trinajstić information content (AvgIpc) is 2.20. The summed E-state index contributed by atoms with van der Waals surface area (Å²) >= 11 is 0. The molecule has 1 aliphatic heterocycles. The molecule has 5 nitrogen and oxygen atoms in total. The summed E-state index contributed by atoms with van der Waals surface area (Å²) in [5.41, 5.74) is -0.399. The first-order valence-corrected chi connectivity index (χ1v) is 5.90. The molecule has 1 fully saturated rings. The van der Waals surface area contributed by atoms with E-state index >= 15 is 0 Å². The molecule has 1 rings (SSSR count). The van der Waals surface area contributed by atoms with E-state index in [1.807, 2.05) is 6.92 Å². The molecule has 0 aliphatic carbocycles. The van der Waals surface area contributed by atoms with Crippen molar-refractivity contribution in [3.8, 4) is 0 Å². The van der Waals surface area contributed by atoms with Crippen molar-refractivity contribution in [3.63, 3.8) is 0 Å². The topological polar surface area (TPSA) is 59.0 Å². The normalized spacial score (nSPS) is 20.0. The van der Waals surface area contributed by atoms with Crippen LogP contribution in [0.3, 0.4) is 0 Å². The Morgan fingerprint density at radius 2 is 2.06 bits per heavy atom. The van der Waals surface area contributed by atoms with Crippen LogP contribution in [0.1, 0.15) is 27.2 Å². The Labute approximate surface area is 103 Å². The number of carboxylic acid groups (broad SMARTS) is 1. The minimum Gasteiger partial charge on any atom is -0.480 e. The van der Waals surface area contributed by atoms with Gasteiger partial charge in [0, 0.05) is 26.7 Å². The molecule has 1 heterocycles. The number of nitrogens with zero attached hydrogens (tertiary/aromatic N) is 1. The summed E-state index contributed by atoms with van der Waals surface area (Å²) in [7, 11) is 1.72. The molecular weight excluding hydrogens is 222 g/mol. The highest BCUT2D eigenvalue weighted by molar-refractivity contribution is 5.68. The Kier molecular flexibility index (Phi) is 4.52. The SMILES string of the molecule is COC(C)(C)CCN1CC(C)(OCC(=O)O)C1. The lowest BCUT2D eigenvalue weighted by Gasteiger charge is -2.48. The van der Waals surface area contributed by atoms with Crippen LogP contribution in [-0.2, 0) is 14.3 Å². The summed E-state index contributed by atoms with van der Waals surface area (Å²) in [5.74, 6) is -0.912. The maximum absolute atomic E-state index is 10.4. The molecule has 0 bridgehead atoms. The van der Waals surface area contributed by atoms with Gasteiger partial charge in [0.15, 0.2) is 0 Å². The maximum Gasteiger partial charge on any atom is 0.329 e. The van der Waals surface area contributed by atoms with Crippen molar-refractivity contribution < 1.29 is 19.4 Å². The van der Waals surface area contributed by atoms with Crippen LogP contribution in [0, 0.1) is 0 Å².